The Morgan fingerprint density at radius 3 is 2.42 bits per heavy atom. The maximum absolute atomic E-state index is 11.4. The van der Waals surface area contributed by atoms with Gasteiger partial charge in [-0.2, -0.15) is 4.89 Å². The average Bonchev–Trinajstić information content (AvgIpc) is 2.64. The third-order valence-corrected chi connectivity index (χ3v) is 4.28. The fraction of sp³-hybridized carbons (Fsp3) is 0.857. The van der Waals surface area contributed by atoms with Gasteiger partial charge >= 0.3 is 5.97 Å². The summed E-state index contributed by atoms with van der Waals surface area (Å²) in [6.07, 6.45) is 16.8. The summed E-state index contributed by atoms with van der Waals surface area (Å²) >= 11 is 0. The number of rotatable bonds is 18. The van der Waals surface area contributed by atoms with Crippen molar-refractivity contribution in [1.29, 1.82) is 0 Å². The van der Waals surface area contributed by atoms with Crippen LogP contribution in [0.4, 0.5) is 0 Å². The Kier molecular flexibility index (Phi) is 18.2. The van der Waals surface area contributed by atoms with Gasteiger partial charge in [0, 0.05) is 6.42 Å². The van der Waals surface area contributed by atoms with E-state index in [9.17, 15) is 9.90 Å². The quantitative estimate of drug-likeness (QED) is 0.156. The van der Waals surface area contributed by atoms with Crippen LogP contribution in [0.5, 0.6) is 0 Å². The van der Waals surface area contributed by atoms with E-state index in [1.165, 1.54) is 19.3 Å². The number of aliphatic hydroxyl groups excluding tert-OH is 2. The van der Waals surface area contributed by atoms with Crippen molar-refractivity contribution in [2.45, 2.75) is 110 Å². The van der Waals surface area contributed by atoms with Crippen LogP contribution in [0, 0.1) is 0 Å². The molecule has 2 N–H and O–H groups in total. The summed E-state index contributed by atoms with van der Waals surface area (Å²) < 4.78 is 0. The molecule has 5 heteroatoms. The largest absolute Gasteiger partial charge is 0.394 e. The van der Waals surface area contributed by atoms with Crippen LogP contribution in [0.1, 0.15) is 97.3 Å². The summed E-state index contributed by atoms with van der Waals surface area (Å²) in [7, 11) is 0. The van der Waals surface area contributed by atoms with E-state index < -0.39 is 6.10 Å². The van der Waals surface area contributed by atoms with Crippen LogP contribution < -0.4 is 0 Å². The molecule has 0 aliphatic heterocycles. The minimum absolute atomic E-state index is 0.167. The number of aliphatic hydroxyl groups is 2. The molecule has 0 radical (unpaired) electrons. The van der Waals surface area contributed by atoms with Crippen LogP contribution in [0.25, 0.3) is 0 Å². The van der Waals surface area contributed by atoms with Crippen molar-refractivity contribution < 1.29 is 24.8 Å². The summed E-state index contributed by atoms with van der Waals surface area (Å²) in [4.78, 5) is 20.7. The van der Waals surface area contributed by atoms with Crippen molar-refractivity contribution in [3.05, 3.63) is 12.2 Å². The minimum Gasteiger partial charge on any atom is -0.394 e. The maximum atomic E-state index is 11.4. The molecule has 0 fully saturated rings. The molecule has 0 amide bonds. The molecule has 0 aromatic rings. The lowest BCUT2D eigenvalue weighted by Crippen LogP contribution is -2.16. The molecule has 154 valence electrons. The van der Waals surface area contributed by atoms with Gasteiger partial charge in [-0.05, 0) is 39.0 Å². The number of allylic oxidation sites excluding steroid dienone is 1. The normalized spacial score (nSPS) is 13.8. The van der Waals surface area contributed by atoms with Crippen molar-refractivity contribution in [3.63, 3.8) is 0 Å². The second-order valence-corrected chi connectivity index (χ2v) is 7.06. The fourth-order valence-electron chi connectivity index (χ4n) is 2.57. The van der Waals surface area contributed by atoms with Crippen molar-refractivity contribution in [2.24, 2.45) is 0 Å². The highest BCUT2D eigenvalue weighted by atomic mass is 17.2. The standard InChI is InChI=1S/C21H40O5/c1-3-4-5-12-15-20(23)16-13-10-8-6-7-9-11-14-17-21(24)26-25-19(2)18-22/h10,13,19-20,22-23H,3-9,11-12,14-18H2,1-2H3/b13-10-/t19?,20-/m1/s1. The molecular weight excluding hydrogens is 332 g/mol. The molecule has 0 saturated heterocycles. The predicted octanol–water partition coefficient (Wildman–Crippen LogP) is 4.85. The Morgan fingerprint density at radius 1 is 1.00 bits per heavy atom. The first-order valence-electron chi connectivity index (χ1n) is 10.4. The molecule has 26 heavy (non-hydrogen) atoms. The van der Waals surface area contributed by atoms with Crippen molar-refractivity contribution in [3.8, 4) is 0 Å². The molecule has 1 unspecified atom stereocenters. The highest BCUT2D eigenvalue weighted by Gasteiger charge is 2.07. The third-order valence-electron chi connectivity index (χ3n) is 4.28. The molecule has 0 aliphatic rings. The van der Waals surface area contributed by atoms with E-state index in [1.54, 1.807) is 6.92 Å². The van der Waals surface area contributed by atoms with Crippen LogP contribution in [0.2, 0.25) is 0 Å². The first-order chi connectivity index (χ1) is 12.6. The molecular formula is C21H40O5. The number of hydrogen-bond donors (Lipinski definition) is 2. The van der Waals surface area contributed by atoms with E-state index >= 15 is 0 Å². The average molecular weight is 373 g/mol. The minimum atomic E-state index is -0.478. The molecule has 0 saturated carbocycles. The van der Waals surface area contributed by atoms with Crippen LogP contribution >= 0.6 is 0 Å². The summed E-state index contributed by atoms with van der Waals surface area (Å²) in [5.74, 6) is -0.374. The van der Waals surface area contributed by atoms with Gasteiger partial charge in [-0.3, -0.25) is 4.89 Å². The van der Waals surface area contributed by atoms with Gasteiger partial charge in [0.05, 0.1) is 12.7 Å². The van der Waals surface area contributed by atoms with Gasteiger partial charge in [0.1, 0.15) is 6.10 Å². The zero-order chi connectivity index (χ0) is 19.5. The van der Waals surface area contributed by atoms with Crippen molar-refractivity contribution in [2.75, 3.05) is 6.61 Å². The molecule has 0 heterocycles. The second kappa shape index (κ2) is 18.9. The topological polar surface area (TPSA) is 76.0 Å². The smallest absolute Gasteiger partial charge is 0.342 e. The predicted molar refractivity (Wildman–Crippen MR) is 105 cm³/mol. The lowest BCUT2D eigenvalue weighted by atomic mass is 10.1. The van der Waals surface area contributed by atoms with Gasteiger partial charge in [0.25, 0.3) is 0 Å². The van der Waals surface area contributed by atoms with Gasteiger partial charge < -0.3 is 10.2 Å². The Labute approximate surface area is 159 Å². The molecule has 0 rings (SSSR count). The monoisotopic (exact) mass is 372 g/mol. The van der Waals surface area contributed by atoms with Gasteiger partial charge in [-0.15, -0.1) is 0 Å². The fourth-order valence-corrected chi connectivity index (χ4v) is 2.57. The first kappa shape index (κ1) is 25.1. The van der Waals surface area contributed by atoms with Crippen molar-refractivity contribution >= 4 is 5.97 Å². The lowest BCUT2D eigenvalue weighted by Gasteiger charge is -2.07. The number of hydrogen-bond acceptors (Lipinski definition) is 5. The van der Waals surface area contributed by atoms with Gasteiger partial charge in [-0.1, -0.05) is 64.0 Å². The van der Waals surface area contributed by atoms with Gasteiger partial charge in [-0.25, -0.2) is 4.79 Å². The summed E-state index contributed by atoms with van der Waals surface area (Å²) in [5, 5.41) is 18.6. The molecule has 0 bridgehead atoms. The number of carbonyl (C=O) groups is 1. The molecule has 0 aromatic heterocycles. The molecule has 2 atom stereocenters. The molecule has 0 spiro atoms. The SMILES string of the molecule is CCCCCC[C@@H](O)C/C=C\CCCCCCCC(=O)OOC(C)CO. The summed E-state index contributed by atoms with van der Waals surface area (Å²) in [5.41, 5.74) is 0. The lowest BCUT2D eigenvalue weighted by molar-refractivity contribution is -0.298. The Morgan fingerprint density at radius 2 is 1.69 bits per heavy atom. The summed E-state index contributed by atoms with van der Waals surface area (Å²) in [6.45, 7) is 3.67. The van der Waals surface area contributed by atoms with E-state index in [0.717, 1.165) is 57.8 Å². The first-order valence-corrected chi connectivity index (χ1v) is 10.4. The highest BCUT2D eigenvalue weighted by Crippen LogP contribution is 2.11. The van der Waals surface area contributed by atoms with Crippen LogP contribution in [0.15, 0.2) is 12.2 Å². The van der Waals surface area contributed by atoms with E-state index in [0.29, 0.717) is 6.42 Å². The van der Waals surface area contributed by atoms with Gasteiger partial charge in [0.2, 0.25) is 0 Å². The third kappa shape index (κ3) is 17.9. The maximum Gasteiger partial charge on any atom is 0.342 e. The second-order valence-electron chi connectivity index (χ2n) is 7.06. The van der Waals surface area contributed by atoms with Crippen LogP contribution in [-0.2, 0) is 14.6 Å². The van der Waals surface area contributed by atoms with Gasteiger partial charge in [0.15, 0.2) is 0 Å². The van der Waals surface area contributed by atoms with E-state index in [1.807, 2.05) is 0 Å². The van der Waals surface area contributed by atoms with Crippen molar-refractivity contribution in [1.82, 2.24) is 0 Å². The molecule has 5 nitrogen and oxygen atoms in total. The Hall–Kier alpha value is -0.910. The summed E-state index contributed by atoms with van der Waals surface area (Å²) in [6, 6.07) is 0. The zero-order valence-corrected chi connectivity index (χ0v) is 16.8. The molecule has 0 aliphatic carbocycles. The van der Waals surface area contributed by atoms with Crippen LogP contribution in [0.3, 0.4) is 0 Å². The Balaban J connectivity index is 3.36. The van der Waals surface area contributed by atoms with E-state index in [2.05, 4.69) is 24.0 Å². The zero-order valence-electron chi connectivity index (χ0n) is 16.8. The molecule has 0 aromatic carbocycles. The Bertz CT molecular complexity index is 343. The highest BCUT2D eigenvalue weighted by molar-refractivity contribution is 5.68. The van der Waals surface area contributed by atoms with Crippen LogP contribution in [-0.4, -0.2) is 35.0 Å². The number of carbonyl (C=O) groups excluding carboxylic acids is 1. The number of unbranched alkanes of at least 4 members (excludes halogenated alkanes) is 8. The van der Waals surface area contributed by atoms with E-state index in [-0.39, 0.29) is 18.7 Å². The van der Waals surface area contributed by atoms with E-state index in [4.69, 9.17) is 9.99 Å².